The van der Waals surface area contributed by atoms with E-state index in [9.17, 15) is 4.79 Å². The third-order valence-corrected chi connectivity index (χ3v) is 9.27. The van der Waals surface area contributed by atoms with Crippen molar-refractivity contribution in [2.45, 2.75) is 27.7 Å². The highest BCUT2D eigenvalue weighted by Crippen LogP contribution is 2.42. The van der Waals surface area contributed by atoms with Crippen molar-refractivity contribution >= 4 is 22.6 Å². The largest absolute Gasteiger partial charge is 0.456 e. The molecule has 3 aliphatic rings. The van der Waals surface area contributed by atoms with Crippen LogP contribution in [0.25, 0.3) is 33.4 Å². The van der Waals surface area contributed by atoms with Crippen LogP contribution in [0.2, 0.25) is 0 Å². The van der Waals surface area contributed by atoms with Crippen molar-refractivity contribution in [3.63, 3.8) is 0 Å². The predicted molar refractivity (Wildman–Crippen MR) is 196 cm³/mol. The van der Waals surface area contributed by atoms with E-state index in [1.165, 1.54) is 0 Å². The van der Waals surface area contributed by atoms with E-state index in [4.69, 9.17) is 4.42 Å². The van der Waals surface area contributed by atoms with Gasteiger partial charge in [-0.3, -0.25) is 9.69 Å². The molecule has 4 N–H and O–H groups in total. The highest BCUT2D eigenvalue weighted by atomic mass is 16.3. The van der Waals surface area contributed by atoms with Gasteiger partial charge < -0.3 is 30.6 Å². The lowest BCUT2D eigenvalue weighted by molar-refractivity contribution is 0.0949. The summed E-state index contributed by atoms with van der Waals surface area (Å²) in [4.78, 5) is 18.7. The van der Waals surface area contributed by atoms with Crippen LogP contribution in [0.5, 0.6) is 0 Å². The number of carbonyl (C=O) groups excluding carboxylic acids is 1. The molecule has 9 heteroatoms. The van der Waals surface area contributed by atoms with Crippen molar-refractivity contribution in [2.24, 2.45) is 0 Å². The first kappa shape index (κ1) is 34.6. The summed E-state index contributed by atoms with van der Waals surface area (Å²) in [5.41, 5.74) is 5.56. The number of nitrogens with one attached hydrogen (secondary N) is 4. The van der Waals surface area contributed by atoms with Crippen LogP contribution < -0.4 is 36.1 Å². The van der Waals surface area contributed by atoms with E-state index in [0.717, 1.165) is 130 Å². The van der Waals surface area contributed by atoms with Crippen molar-refractivity contribution in [3.8, 4) is 22.5 Å². The van der Waals surface area contributed by atoms with Crippen LogP contribution in [0, 0.1) is 0 Å². The second-order valence-corrected chi connectivity index (χ2v) is 12.1. The van der Waals surface area contributed by atoms with Crippen molar-refractivity contribution in [1.29, 1.82) is 0 Å². The molecule has 2 aromatic carbocycles. The first-order chi connectivity index (χ1) is 23.1. The Balaban J connectivity index is 1.48. The molecule has 9 nitrogen and oxygen atoms in total. The fourth-order valence-electron chi connectivity index (χ4n) is 6.59. The molecule has 1 aliphatic carbocycles. The smallest absolute Gasteiger partial charge is 0.251 e. The van der Waals surface area contributed by atoms with Crippen LogP contribution >= 0.6 is 0 Å². The lowest BCUT2D eigenvalue weighted by Crippen LogP contribution is -2.44. The van der Waals surface area contributed by atoms with Gasteiger partial charge >= 0.3 is 0 Å². The maximum Gasteiger partial charge on any atom is 0.251 e. The molecule has 0 radical (unpaired) electrons. The Hall–Kier alpha value is -3.76. The number of carbonyl (C=O) groups is 1. The standard InChI is InChI=1S/C38H53N7O2/c1-5-44(6-2)29-13-15-33-35(27-29)47-36-28-30(45(7-3)8-4)14-16-34(36)37(33)31-11-9-10-12-32(31)38(46)42-23-26-43-24-21-40-19-17-39-18-20-41-22-25-43/h9-16,27-28,39-41H,5-8,17-26H2,1-4H3/p+1. The summed E-state index contributed by atoms with van der Waals surface area (Å²) < 4.78 is 9.01. The van der Waals surface area contributed by atoms with E-state index in [-0.39, 0.29) is 5.91 Å². The molecule has 1 fully saturated rings. The molecule has 47 heavy (non-hydrogen) atoms. The van der Waals surface area contributed by atoms with E-state index >= 15 is 0 Å². The highest BCUT2D eigenvalue weighted by Gasteiger charge is 2.23. The number of amides is 1. The summed E-state index contributed by atoms with van der Waals surface area (Å²) in [6, 6.07) is 20.9. The van der Waals surface area contributed by atoms with Crippen molar-refractivity contribution in [2.75, 3.05) is 96.5 Å². The van der Waals surface area contributed by atoms with Crippen molar-refractivity contribution in [1.82, 2.24) is 30.7 Å². The summed E-state index contributed by atoms with van der Waals surface area (Å²) in [5, 5.41) is 15.9. The Morgan fingerprint density at radius 2 is 1.51 bits per heavy atom. The predicted octanol–water partition coefficient (Wildman–Crippen LogP) is 3.68. The maximum atomic E-state index is 13.9. The summed E-state index contributed by atoms with van der Waals surface area (Å²) in [6.45, 7) is 21.4. The number of hydrogen-bond donors (Lipinski definition) is 4. The summed E-state index contributed by atoms with van der Waals surface area (Å²) in [6.07, 6.45) is 0. The molecule has 2 aliphatic heterocycles. The minimum Gasteiger partial charge on any atom is -0.456 e. The lowest BCUT2D eigenvalue weighted by Gasteiger charge is -2.24. The van der Waals surface area contributed by atoms with E-state index in [0.29, 0.717) is 12.1 Å². The fraction of sp³-hybridized carbons (Fsp3) is 0.474. The van der Waals surface area contributed by atoms with Gasteiger partial charge in [0.15, 0.2) is 0 Å². The van der Waals surface area contributed by atoms with Crippen molar-refractivity contribution in [3.05, 3.63) is 71.6 Å². The molecule has 0 unspecified atom stereocenters. The lowest BCUT2D eigenvalue weighted by atomic mass is 9.90. The molecule has 0 spiro atoms. The molecule has 0 aromatic heterocycles. The van der Waals surface area contributed by atoms with Gasteiger partial charge in [0.1, 0.15) is 24.4 Å². The van der Waals surface area contributed by atoms with Crippen LogP contribution in [-0.2, 0) is 0 Å². The summed E-state index contributed by atoms with van der Waals surface area (Å²) in [5.74, 6) is 0.760. The van der Waals surface area contributed by atoms with Gasteiger partial charge in [0, 0.05) is 118 Å². The second-order valence-electron chi connectivity index (χ2n) is 12.1. The Labute approximate surface area is 280 Å². The number of rotatable bonds is 10. The van der Waals surface area contributed by atoms with Crippen LogP contribution in [-0.4, -0.2) is 102 Å². The number of benzene rings is 3. The van der Waals surface area contributed by atoms with Gasteiger partial charge in [-0.2, -0.15) is 0 Å². The van der Waals surface area contributed by atoms with E-state index in [2.05, 4.69) is 106 Å². The Morgan fingerprint density at radius 3 is 2.19 bits per heavy atom. The van der Waals surface area contributed by atoms with Crippen LogP contribution in [0.1, 0.15) is 38.1 Å². The number of nitrogens with zero attached hydrogens (tertiary/aromatic N) is 3. The van der Waals surface area contributed by atoms with E-state index < -0.39 is 0 Å². The molecule has 1 amide bonds. The van der Waals surface area contributed by atoms with Gasteiger partial charge in [-0.1, -0.05) is 18.2 Å². The monoisotopic (exact) mass is 640 g/mol. The van der Waals surface area contributed by atoms with Crippen LogP contribution in [0.3, 0.4) is 0 Å². The molecule has 0 atom stereocenters. The molecule has 5 rings (SSSR count). The zero-order chi connectivity index (χ0) is 33.0. The minimum absolute atomic E-state index is 0.0566. The van der Waals surface area contributed by atoms with E-state index in [1.54, 1.807) is 0 Å². The number of hydrogen-bond acceptors (Lipinski definition) is 7. The first-order valence-corrected chi connectivity index (χ1v) is 17.6. The molecule has 2 aromatic rings. The Kier molecular flexibility index (Phi) is 12.8. The molecule has 0 saturated carbocycles. The SMILES string of the molecule is CCN(CC)c1ccc2c(-c3ccccc3C(=O)NCCN3CCNCCNCCNCC3)c3ccc(=[N+](CC)CC)cc-3oc2c1. The summed E-state index contributed by atoms with van der Waals surface area (Å²) in [7, 11) is 0. The van der Waals surface area contributed by atoms with Gasteiger partial charge in [-0.05, 0) is 57.5 Å². The molecule has 1 saturated heterocycles. The third kappa shape index (κ3) is 8.59. The third-order valence-electron chi connectivity index (χ3n) is 9.27. The average molecular weight is 641 g/mol. The van der Waals surface area contributed by atoms with Gasteiger partial charge in [-0.15, -0.1) is 0 Å². The number of anilines is 1. The zero-order valence-electron chi connectivity index (χ0n) is 28.8. The molecule has 252 valence electrons. The molecular weight excluding hydrogens is 586 g/mol. The van der Waals surface area contributed by atoms with Crippen LogP contribution in [0.15, 0.2) is 65.1 Å². The quantitative estimate of drug-likeness (QED) is 0.156. The first-order valence-electron chi connectivity index (χ1n) is 17.6. The summed E-state index contributed by atoms with van der Waals surface area (Å²) >= 11 is 0. The second kappa shape index (κ2) is 17.4. The molecular formula is C38H54N7O2+. The normalized spacial score (nSPS) is 15.2. The zero-order valence-corrected chi connectivity index (χ0v) is 28.8. The number of fused-ring (bicyclic) bond motifs is 2. The molecule has 2 heterocycles. The fourth-order valence-corrected chi connectivity index (χ4v) is 6.59. The van der Waals surface area contributed by atoms with E-state index in [1.807, 2.05) is 18.2 Å². The highest BCUT2D eigenvalue weighted by molar-refractivity contribution is 6.09. The topological polar surface area (TPSA) is 87.8 Å². The van der Waals surface area contributed by atoms with Crippen molar-refractivity contribution < 1.29 is 9.21 Å². The average Bonchev–Trinajstić information content (AvgIpc) is 3.09. The Bertz CT molecular complexity index is 1630. The van der Waals surface area contributed by atoms with Crippen LogP contribution in [0.4, 0.5) is 5.69 Å². The Morgan fingerprint density at radius 1 is 0.830 bits per heavy atom. The minimum atomic E-state index is -0.0566. The van der Waals surface area contributed by atoms with Gasteiger partial charge in [-0.25, -0.2) is 4.58 Å². The van der Waals surface area contributed by atoms with Gasteiger partial charge in [0.05, 0.1) is 6.07 Å². The van der Waals surface area contributed by atoms with Gasteiger partial charge in [0.2, 0.25) is 5.36 Å². The van der Waals surface area contributed by atoms with Gasteiger partial charge in [0.25, 0.3) is 5.91 Å². The molecule has 0 bridgehead atoms. The maximum absolute atomic E-state index is 13.9.